The van der Waals surface area contributed by atoms with Crippen molar-refractivity contribution in [3.63, 3.8) is 0 Å². The van der Waals surface area contributed by atoms with E-state index in [0.29, 0.717) is 25.0 Å². The number of rotatable bonds is 7. The molecule has 0 aliphatic carbocycles. The summed E-state index contributed by atoms with van der Waals surface area (Å²) >= 11 is 0. The molecule has 1 unspecified atom stereocenters. The number of hydrogen-bond acceptors (Lipinski definition) is 6. The number of aromatic amines is 2. The van der Waals surface area contributed by atoms with Crippen LogP contribution < -0.4 is 10.1 Å². The lowest BCUT2D eigenvalue weighted by Crippen LogP contribution is -2.37. The number of nitrogens with zero attached hydrogens (tertiary/aromatic N) is 4. The van der Waals surface area contributed by atoms with Gasteiger partial charge >= 0.3 is 6.09 Å². The molecule has 0 spiro atoms. The van der Waals surface area contributed by atoms with E-state index in [1.54, 1.807) is 4.90 Å². The maximum absolute atomic E-state index is 12.8. The van der Waals surface area contributed by atoms with Crippen molar-refractivity contribution in [3.05, 3.63) is 66.0 Å². The quantitative estimate of drug-likeness (QED) is 0.168. The van der Waals surface area contributed by atoms with Crippen LogP contribution in [0.5, 0.6) is 5.75 Å². The average molecular weight is 636 g/mol. The molecule has 0 bridgehead atoms. The summed E-state index contributed by atoms with van der Waals surface area (Å²) in [5.74, 6) is 2.57. The van der Waals surface area contributed by atoms with Crippen molar-refractivity contribution < 1.29 is 14.3 Å². The van der Waals surface area contributed by atoms with Gasteiger partial charge in [-0.1, -0.05) is 19.1 Å². The topological polar surface area (TPSA) is 113 Å². The largest absolute Gasteiger partial charge is 0.482 e. The van der Waals surface area contributed by atoms with Crippen molar-refractivity contribution in [1.29, 1.82) is 0 Å². The summed E-state index contributed by atoms with van der Waals surface area (Å²) in [5, 5.41) is 4.66. The average Bonchev–Trinajstić information content (AvgIpc) is 3.83. The minimum Gasteiger partial charge on any atom is -0.482 e. The lowest BCUT2D eigenvalue weighted by molar-refractivity contribution is 0.0229. The Bertz CT molecular complexity index is 1950. The third kappa shape index (κ3) is 5.79. The molecule has 10 heteroatoms. The Balaban J connectivity index is 1.20. The molecule has 2 aliphatic heterocycles. The van der Waals surface area contributed by atoms with Crippen LogP contribution in [0, 0.1) is 0 Å². The molecule has 3 aromatic heterocycles. The number of aryl methyl sites for hydroxylation is 1. The van der Waals surface area contributed by atoms with Gasteiger partial charge in [0, 0.05) is 46.7 Å². The number of H-pyrrole nitrogens is 2. The van der Waals surface area contributed by atoms with E-state index in [1.165, 1.54) is 6.42 Å². The number of imidazole rings is 2. The van der Waals surface area contributed by atoms with E-state index < -0.39 is 11.2 Å². The van der Waals surface area contributed by atoms with Crippen LogP contribution in [0.2, 0.25) is 0 Å². The SMILES string of the molecule is CCCN(Cc1ncc(-c2ccc3c(c2)c2c(n3C)-c3ccc(-c4cnc(C5CCCN5)[nH]4)cc3OC2(C)C)[nH]1)C(=O)OC(C)(C)C. The molecule has 1 atom stereocenters. The van der Waals surface area contributed by atoms with Crippen LogP contribution in [0.1, 0.15) is 84.1 Å². The summed E-state index contributed by atoms with van der Waals surface area (Å²) in [6.45, 7) is 13.9. The maximum Gasteiger partial charge on any atom is 0.410 e. The monoisotopic (exact) mass is 635 g/mol. The number of carbonyl (C=O) groups excluding carboxylic acids is 1. The summed E-state index contributed by atoms with van der Waals surface area (Å²) in [6, 6.07) is 13.3. The van der Waals surface area contributed by atoms with Gasteiger partial charge in [0.2, 0.25) is 0 Å². The van der Waals surface area contributed by atoms with Gasteiger partial charge in [0.05, 0.1) is 42.1 Å². The van der Waals surface area contributed by atoms with Crippen molar-refractivity contribution >= 4 is 17.0 Å². The normalized spacial score (nSPS) is 17.0. The number of nitrogens with one attached hydrogen (secondary N) is 3. The third-order valence-corrected chi connectivity index (χ3v) is 9.13. The van der Waals surface area contributed by atoms with Gasteiger partial charge in [-0.05, 0) is 84.7 Å². The van der Waals surface area contributed by atoms with E-state index in [2.05, 4.69) is 87.1 Å². The Labute approximate surface area is 275 Å². The molecule has 2 aliphatic rings. The van der Waals surface area contributed by atoms with Crippen molar-refractivity contribution in [2.24, 2.45) is 7.05 Å². The third-order valence-electron chi connectivity index (χ3n) is 9.13. The first-order valence-corrected chi connectivity index (χ1v) is 16.7. The van der Waals surface area contributed by atoms with E-state index in [1.807, 2.05) is 40.1 Å². The zero-order valence-corrected chi connectivity index (χ0v) is 28.5. The zero-order valence-electron chi connectivity index (χ0n) is 28.5. The van der Waals surface area contributed by atoms with E-state index in [9.17, 15) is 4.79 Å². The van der Waals surface area contributed by atoms with Gasteiger partial charge in [0.25, 0.3) is 0 Å². The molecule has 10 nitrogen and oxygen atoms in total. The Kier molecular flexibility index (Phi) is 7.66. The first-order valence-electron chi connectivity index (χ1n) is 16.7. The smallest absolute Gasteiger partial charge is 0.410 e. The second-order valence-electron chi connectivity index (χ2n) is 14.3. The second-order valence-corrected chi connectivity index (χ2v) is 14.3. The van der Waals surface area contributed by atoms with Gasteiger partial charge in [-0.2, -0.15) is 0 Å². The van der Waals surface area contributed by atoms with Crippen LogP contribution in [0.4, 0.5) is 4.79 Å². The van der Waals surface area contributed by atoms with Crippen molar-refractivity contribution in [3.8, 4) is 39.5 Å². The predicted octanol–water partition coefficient (Wildman–Crippen LogP) is 7.82. The lowest BCUT2D eigenvalue weighted by Gasteiger charge is -2.34. The van der Waals surface area contributed by atoms with Crippen LogP contribution in [0.25, 0.3) is 44.7 Å². The molecule has 0 saturated carbocycles. The fourth-order valence-electron chi connectivity index (χ4n) is 7.01. The number of benzene rings is 2. The molecule has 2 aromatic carbocycles. The second kappa shape index (κ2) is 11.6. The first kappa shape index (κ1) is 31.1. The van der Waals surface area contributed by atoms with E-state index >= 15 is 0 Å². The molecule has 1 amide bonds. The van der Waals surface area contributed by atoms with Crippen molar-refractivity contribution in [2.45, 2.75) is 84.6 Å². The Hall–Kier alpha value is -4.57. The molecule has 7 rings (SSSR count). The molecular formula is C37H45N7O3. The van der Waals surface area contributed by atoms with Gasteiger partial charge in [0.15, 0.2) is 0 Å². The highest BCUT2D eigenvalue weighted by Crippen LogP contribution is 2.50. The molecule has 3 N–H and O–H groups in total. The minimum absolute atomic E-state index is 0.293. The van der Waals surface area contributed by atoms with Gasteiger partial charge in [-0.15, -0.1) is 0 Å². The van der Waals surface area contributed by atoms with Gasteiger partial charge in [-0.3, -0.25) is 0 Å². The van der Waals surface area contributed by atoms with Crippen LogP contribution in [0.3, 0.4) is 0 Å². The maximum atomic E-state index is 12.8. The zero-order chi connectivity index (χ0) is 33.1. The van der Waals surface area contributed by atoms with Crippen LogP contribution in [-0.2, 0) is 23.9 Å². The van der Waals surface area contributed by atoms with Crippen molar-refractivity contribution in [1.82, 2.24) is 34.7 Å². The highest BCUT2D eigenvalue weighted by Gasteiger charge is 2.37. The highest BCUT2D eigenvalue weighted by molar-refractivity contribution is 5.97. The highest BCUT2D eigenvalue weighted by atomic mass is 16.6. The Morgan fingerprint density at radius 3 is 2.57 bits per heavy atom. The van der Waals surface area contributed by atoms with Gasteiger partial charge in [-0.25, -0.2) is 14.8 Å². The number of ether oxygens (including phenoxy) is 2. The molecule has 246 valence electrons. The summed E-state index contributed by atoms with van der Waals surface area (Å²) in [7, 11) is 2.13. The van der Waals surface area contributed by atoms with Crippen LogP contribution in [0.15, 0.2) is 48.8 Å². The molecule has 47 heavy (non-hydrogen) atoms. The van der Waals surface area contributed by atoms with E-state index in [4.69, 9.17) is 9.47 Å². The minimum atomic E-state index is -0.570. The molecule has 1 saturated heterocycles. The summed E-state index contributed by atoms with van der Waals surface area (Å²) in [4.78, 5) is 30.9. The molecule has 1 fully saturated rings. The standard InChI is InChI=1S/C37H45N7O3/c1-8-16-44(35(45)47-36(2,3)4)21-31-39-19-27(41-31)22-12-14-29-25(17-22)32-33(43(29)7)24-13-11-23(18-30(24)46-37(32,5)6)28-20-40-34(42-28)26-10-9-15-38-26/h11-14,17-20,26,38H,8-10,15-16,21H2,1-7H3,(H,39,41)(H,40,42). The molecular weight excluding hydrogens is 590 g/mol. The number of amides is 1. The predicted molar refractivity (Wildman–Crippen MR) is 184 cm³/mol. The summed E-state index contributed by atoms with van der Waals surface area (Å²) in [5.41, 5.74) is 7.36. The van der Waals surface area contributed by atoms with E-state index in [0.717, 1.165) is 81.2 Å². The Morgan fingerprint density at radius 2 is 1.83 bits per heavy atom. The molecule has 0 radical (unpaired) electrons. The van der Waals surface area contributed by atoms with Crippen LogP contribution >= 0.6 is 0 Å². The lowest BCUT2D eigenvalue weighted by atomic mass is 9.88. The van der Waals surface area contributed by atoms with Crippen LogP contribution in [-0.4, -0.2) is 54.2 Å². The summed E-state index contributed by atoms with van der Waals surface area (Å²) < 4.78 is 14.7. The first-order chi connectivity index (χ1) is 22.4. The van der Waals surface area contributed by atoms with Gasteiger partial charge in [0.1, 0.15) is 28.6 Å². The number of carbonyl (C=O) groups is 1. The Morgan fingerprint density at radius 1 is 1.09 bits per heavy atom. The number of aromatic nitrogens is 5. The van der Waals surface area contributed by atoms with Crippen molar-refractivity contribution in [2.75, 3.05) is 13.1 Å². The summed E-state index contributed by atoms with van der Waals surface area (Å²) in [6.07, 6.45) is 6.54. The number of fused-ring (bicyclic) bond motifs is 5. The fourth-order valence-corrected chi connectivity index (χ4v) is 7.01. The molecule has 5 heterocycles. The number of hydrogen-bond donors (Lipinski definition) is 3. The van der Waals surface area contributed by atoms with Gasteiger partial charge < -0.3 is 34.2 Å². The fraction of sp³-hybridized carbons (Fsp3) is 0.432. The van der Waals surface area contributed by atoms with E-state index in [-0.39, 0.29) is 6.09 Å². The molecule has 5 aromatic rings.